The summed E-state index contributed by atoms with van der Waals surface area (Å²) >= 11 is 1.37. The number of hydrogen-bond acceptors (Lipinski definition) is 4. The number of rotatable bonds is 4. The van der Waals surface area contributed by atoms with Gasteiger partial charge in [-0.3, -0.25) is 4.79 Å². The van der Waals surface area contributed by atoms with Crippen LogP contribution in [-0.2, 0) is 9.59 Å². The summed E-state index contributed by atoms with van der Waals surface area (Å²) in [7, 11) is 0. The summed E-state index contributed by atoms with van der Waals surface area (Å²) in [4.78, 5) is 23.8. The maximum atomic E-state index is 11.9. The van der Waals surface area contributed by atoms with Gasteiger partial charge in [-0.15, -0.1) is 11.3 Å². The molecule has 18 heavy (non-hydrogen) atoms. The largest absolute Gasteiger partial charge is 0.480 e. The van der Waals surface area contributed by atoms with E-state index in [0.717, 1.165) is 0 Å². The summed E-state index contributed by atoms with van der Waals surface area (Å²) in [6.07, 6.45) is 0. The number of nitrogens with two attached hydrogens (primary N) is 1. The third kappa shape index (κ3) is 3.54. The van der Waals surface area contributed by atoms with Crippen molar-refractivity contribution in [3.8, 4) is 0 Å². The summed E-state index contributed by atoms with van der Waals surface area (Å²) < 4.78 is 0. The van der Waals surface area contributed by atoms with E-state index < -0.39 is 29.4 Å². The lowest BCUT2D eigenvalue weighted by Gasteiger charge is -2.28. The maximum absolute atomic E-state index is 11.9. The van der Waals surface area contributed by atoms with Gasteiger partial charge in [0.05, 0.1) is 0 Å². The number of carbonyl (C=O) groups excluding carboxylic acids is 1. The first-order valence-corrected chi connectivity index (χ1v) is 6.43. The van der Waals surface area contributed by atoms with E-state index in [2.05, 4.69) is 5.32 Å². The van der Waals surface area contributed by atoms with Crippen molar-refractivity contribution >= 4 is 23.2 Å². The fourth-order valence-corrected chi connectivity index (χ4v) is 2.20. The number of carboxylic acids is 1. The molecule has 1 aromatic heterocycles. The van der Waals surface area contributed by atoms with E-state index >= 15 is 0 Å². The van der Waals surface area contributed by atoms with Gasteiger partial charge >= 0.3 is 5.97 Å². The van der Waals surface area contributed by atoms with Gasteiger partial charge in [0.2, 0.25) is 5.91 Å². The van der Waals surface area contributed by atoms with Crippen molar-refractivity contribution in [2.24, 2.45) is 11.1 Å². The quantitative estimate of drug-likeness (QED) is 0.770. The van der Waals surface area contributed by atoms with E-state index in [9.17, 15) is 9.59 Å². The molecule has 6 heteroatoms. The van der Waals surface area contributed by atoms with Crippen molar-refractivity contribution in [3.05, 3.63) is 22.4 Å². The minimum atomic E-state index is -1.06. The van der Waals surface area contributed by atoms with Crippen LogP contribution in [0.2, 0.25) is 0 Å². The van der Waals surface area contributed by atoms with Crippen LogP contribution in [0, 0.1) is 5.41 Å². The zero-order valence-electron chi connectivity index (χ0n) is 10.6. The van der Waals surface area contributed by atoms with Gasteiger partial charge in [-0.1, -0.05) is 26.8 Å². The zero-order valence-corrected chi connectivity index (χ0v) is 11.5. The summed E-state index contributed by atoms with van der Waals surface area (Å²) in [5.41, 5.74) is 5.21. The van der Waals surface area contributed by atoms with Gasteiger partial charge in [0.1, 0.15) is 12.1 Å². The van der Waals surface area contributed by atoms with Gasteiger partial charge in [0, 0.05) is 4.88 Å². The van der Waals surface area contributed by atoms with Crippen LogP contribution in [0.3, 0.4) is 0 Å². The molecule has 0 fully saturated rings. The molecule has 5 nitrogen and oxygen atoms in total. The van der Waals surface area contributed by atoms with Gasteiger partial charge in [0.25, 0.3) is 0 Å². The van der Waals surface area contributed by atoms with E-state index in [1.807, 2.05) is 5.38 Å². The number of nitrogens with one attached hydrogen (secondary N) is 1. The van der Waals surface area contributed by atoms with E-state index in [4.69, 9.17) is 10.8 Å². The molecule has 0 aliphatic heterocycles. The van der Waals surface area contributed by atoms with Crippen LogP contribution in [0.25, 0.3) is 0 Å². The average molecular weight is 270 g/mol. The molecule has 2 atom stereocenters. The Morgan fingerprint density at radius 2 is 2.06 bits per heavy atom. The van der Waals surface area contributed by atoms with Crippen LogP contribution in [0.5, 0.6) is 0 Å². The predicted molar refractivity (Wildman–Crippen MR) is 70.3 cm³/mol. The van der Waals surface area contributed by atoms with Gasteiger partial charge in [-0.2, -0.15) is 0 Å². The number of amides is 1. The standard InChI is InChI=1S/C12H18N2O3S/c1-12(2,3)9(11(16)17)14-10(15)8(13)7-5-4-6-18-7/h4-6,8-9H,13H2,1-3H3,(H,14,15)(H,16,17)/t8?,9-/m1/s1. The Bertz CT molecular complexity index is 423. The fourth-order valence-electron chi connectivity index (χ4n) is 1.48. The summed E-state index contributed by atoms with van der Waals surface area (Å²) in [6.45, 7) is 5.26. The second-order valence-corrected chi connectivity index (χ2v) is 6.12. The highest BCUT2D eigenvalue weighted by Crippen LogP contribution is 2.21. The van der Waals surface area contributed by atoms with Crippen LogP contribution >= 0.6 is 11.3 Å². The van der Waals surface area contributed by atoms with Crippen LogP contribution in [0.15, 0.2) is 17.5 Å². The van der Waals surface area contributed by atoms with Crippen LogP contribution in [0.1, 0.15) is 31.7 Å². The molecule has 1 heterocycles. The minimum Gasteiger partial charge on any atom is -0.480 e. The minimum absolute atomic E-state index is 0.472. The van der Waals surface area contributed by atoms with Crippen molar-refractivity contribution in [3.63, 3.8) is 0 Å². The number of carboxylic acid groups (broad SMARTS) is 1. The molecule has 0 radical (unpaired) electrons. The molecule has 0 aliphatic rings. The van der Waals surface area contributed by atoms with Crippen LogP contribution in [0.4, 0.5) is 0 Å². The summed E-state index contributed by atoms with van der Waals surface area (Å²) in [5, 5.41) is 13.4. The number of hydrogen-bond donors (Lipinski definition) is 3. The Morgan fingerprint density at radius 3 is 2.44 bits per heavy atom. The molecule has 1 aromatic rings. The highest BCUT2D eigenvalue weighted by molar-refractivity contribution is 7.10. The van der Waals surface area contributed by atoms with E-state index in [1.54, 1.807) is 32.9 Å². The Labute approximate surface area is 110 Å². The normalized spacial score (nSPS) is 14.9. The SMILES string of the molecule is CC(C)(C)[C@H](NC(=O)C(N)c1cccs1)C(=O)O. The van der Waals surface area contributed by atoms with E-state index in [0.29, 0.717) is 4.88 Å². The van der Waals surface area contributed by atoms with Crippen LogP contribution < -0.4 is 11.1 Å². The molecule has 0 saturated carbocycles. The van der Waals surface area contributed by atoms with Gasteiger partial charge in [-0.25, -0.2) is 4.79 Å². The lowest BCUT2D eigenvalue weighted by Crippen LogP contribution is -2.51. The monoisotopic (exact) mass is 270 g/mol. The molecule has 0 aromatic carbocycles. The van der Waals surface area contributed by atoms with Gasteiger partial charge < -0.3 is 16.2 Å². The van der Waals surface area contributed by atoms with Crippen molar-refractivity contribution < 1.29 is 14.7 Å². The Kier molecular flexibility index (Phi) is 4.48. The molecule has 100 valence electrons. The molecule has 1 amide bonds. The molecule has 0 bridgehead atoms. The number of carbonyl (C=O) groups is 2. The molecule has 1 unspecified atom stereocenters. The average Bonchev–Trinajstić information content (AvgIpc) is 2.75. The number of thiophene rings is 1. The smallest absolute Gasteiger partial charge is 0.326 e. The first kappa shape index (κ1) is 14.7. The Morgan fingerprint density at radius 1 is 1.44 bits per heavy atom. The van der Waals surface area contributed by atoms with E-state index in [1.165, 1.54) is 11.3 Å². The number of aliphatic carboxylic acids is 1. The van der Waals surface area contributed by atoms with Gasteiger partial charge in [0.15, 0.2) is 0 Å². The lowest BCUT2D eigenvalue weighted by molar-refractivity contribution is -0.145. The van der Waals surface area contributed by atoms with Crippen molar-refractivity contribution in [2.45, 2.75) is 32.9 Å². The van der Waals surface area contributed by atoms with Gasteiger partial charge in [-0.05, 0) is 16.9 Å². The van der Waals surface area contributed by atoms with E-state index in [-0.39, 0.29) is 0 Å². The first-order valence-electron chi connectivity index (χ1n) is 5.55. The fraction of sp³-hybridized carbons (Fsp3) is 0.500. The van der Waals surface area contributed by atoms with Crippen molar-refractivity contribution in [1.82, 2.24) is 5.32 Å². The summed E-state index contributed by atoms with van der Waals surface area (Å²) in [6, 6.07) is 1.76. The van der Waals surface area contributed by atoms with Crippen molar-refractivity contribution in [2.75, 3.05) is 0 Å². The first-order chi connectivity index (χ1) is 8.23. The molecular weight excluding hydrogens is 252 g/mol. The summed E-state index contributed by atoms with van der Waals surface area (Å²) in [5.74, 6) is -1.53. The molecule has 1 rings (SSSR count). The second kappa shape index (κ2) is 5.49. The zero-order chi connectivity index (χ0) is 13.9. The maximum Gasteiger partial charge on any atom is 0.326 e. The predicted octanol–water partition coefficient (Wildman–Crippen LogP) is 1.36. The topological polar surface area (TPSA) is 92.4 Å². The second-order valence-electron chi connectivity index (χ2n) is 5.14. The Balaban J connectivity index is 2.77. The molecule has 4 N–H and O–H groups in total. The highest BCUT2D eigenvalue weighted by Gasteiger charge is 2.34. The highest BCUT2D eigenvalue weighted by atomic mass is 32.1. The third-order valence-electron chi connectivity index (χ3n) is 2.53. The molecular formula is C12H18N2O3S. The Hall–Kier alpha value is -1.40. The van der Waals surface area contributed by atoms with Crippen LogP contribution in [-0.4, -0.2) is 23.0 Å². The molecule has 0 spiro atoms. The molecule has 0 aliphatic carbocycles. The lowest BCUT2D eigenvalue weighted by atomic mass is 9.86. The third-order valence-corrected chi connectivity index (χ3v) is 3.49. The molecule has 0 saturated heterocycles. The van der Waals surface area contributed by atoms with Crippen molar-refractivity contribution in [1.29, 1.82) is 0 Å².